The highest BCUT2D eigenvalue weighted by molar-refractivity contribution is 9.10. The fourth-order valence-corrected chi connectivity index (χ4v) is 2.39. The maximum atomic E-state index is 11.8. The molecule has 1 heterocycles. The number of ether oxygens (including phenoxy) is 1. The van der Waals surface area contributed by atoms with E-state index in [1.54, 1.807) is 12.1 Å². The van der Waals surface area contributed by atoms with Gasteiger partial charge in [-0.2, -0.15) is 0 Å². The molecule has 25 heavy (non-hydrogen) atoms. The maximum Gasteiger partial charge on any atom is 0.319 e. The zero-order valence-electron chi connectivity index (χ0n) is 13.3. The Bertz CT molecular complexity index is 763. The lowest BCUT2D eigenvalue weighted by Crippen LogP contribution is -2.39. The van der Waals surface area contributed by atoms with Crippen LogP contribution in [-0.2, 0) is 4.79 Å². The Labute approximate surface area is 153 Å². The Kier molecular flexibility index (Phi) is 5.49. The van der Waals surface area contributed by atoms with Crippen molar-refractivity contribution in [2.24, 2.45) is 0 Å². The van der Waals surface area contributed by atoms with Crippen molar-refractivity contribution in [3.05, 3.63) is 47.1 Å². The smallest absolute Gasteiger partial charge is 0.319 e. The highest BCUT2D eigenvalue weighted by Gasteiger charge is 2.23. The summed E-state index contributed by atoms with van der Waals surface area (Å²) < 4.78 is 6.53. The van der Waals surface area contributed by atoms with Crippen LogP contribution in [0, 0.1) is 0 Å². The number of carbonyl (C=O) groups excluding carboxylic acids is 2. The molecule has 0 bridgehead atoms. The molecular weight excluding hydrogens is 388 g/mol. The average Bonchev–Trinajstić information content (AvgIpc) is 3.39. The molecule has 7 nitrogen and oxygen atoms in total. The van der Waals surface area contributed by atoms with Gasteiger partial charge in [0.05, 0.1) is 18.4 Å². The first-order chi connectivity index (χ1) is 12.1. The largest absolute Gasteiger partial charge is 0.439 e. The number of benzene rings is 1. The molecule has 0 unspecified atom stereocenters. The lowest BCUT2D eigenvalue weighted by Gasteiger charge is -2.09. The third kappa shape index (κ3) is 5.75. The van der Waals surface area contributed by atoms with E-state index in [4.69, 9.17) is 4.74 Å². The molecule has 0 spiro atoms. The van der Waals surface area contributed by atoms with Crippen LogP contribution in [0.2, 0.25) is 0 Å². The SMILES string of the molecule is O=C(CNC(=O)Nc1ccc(Oc2cccc(Br)c2)nc1)NC1CC1. The Morgan fingerprint density at radius 1 is 1.24 bits per heavy atom. The molecule has 0 aliphatic heterocycles. The Balaban J connectivity index is 1.46. The van der Waals surface area contributed by atoms with Crippen LogP contribution in [0.3, 0.4) is 0 Å². The average molecular weight is 405 g/mol. The van der Waals surface area contributed by atoms with E-state index in [0.29, 0.717) is 17.3 Å². The molecule has 0 atom stereocenters. The molecule has 3 N–H and O–H groups in total. The van der Waals surface area contributed by atoms with Gasteiger partial charge in [0.1, 0.15) is 5.75 Å². The number of carbonyl (C=O) groups is 2. The standard InChI is InChI=1S/C17H17BrN4O3/c18-11-2-1-3-14(8-11)25-16-7-6-13(9-19-16)22-17(24)20-10-15(23)21-12-4-5-12/h1-3,6-9,12H,4-5,10H2,(H,21,23)(H2,20,22,24). The van der Waals surface area contributed by atoms with Crippen molar-refractivity contribution >= 4 is 33.6 Å². The predicted octanol–water partition coefficient (Wildman–Crippen LogP) is 3.04. The summed E-state index contributed by atoms with van der Waals surface area (Å²) in [4.78, 5) is 27.4. The molecule has 8 heteroatoms. The van der Waals surface area contributed by atoms with Gasteiger partial charge in [-0.15, -0.1) is 0 Å². The third-order valence-corrected chi connectivity index (χ3v) is 3.86. The zero-order valence-corrected chi connectivity index (χ0v) is 14.9. The van der Waals surface area contributed by atoms with Crippen molar-refractivity contribution in [3.63, 3.8) is 0 Å². The molecule has 1 aliphatic carbocycles. The fourth-order valence-electron chi connectivity index (χ4n) is 2.01. The van der Waals surface area contributed by atoms with E-state index in [0.717, 1.165) is 17.3 Å². The van der Waals surface area contributed by atoms with Crippen molar-refractivity contribution in [2.75, 3.05) is 11.9 Å². The van der Waals surface area contributed by atoms with Gasteiger partial charge in [0.15, 0.2) is 0 Å². The number of hydrogen-bond donors (Lipinski definition) is 3. The quantitative estimate of drug-likeness (QED) is 0.689. The van der Waals surface area contributed by atoms with Gasteiger partial charge >= 0.3 is 6.03 Å². The van der Waals surface area contributed by atoms with E-state index in [-0.39, 0.29) is 18.5 Å². The second kappa shape index (κ2) is 7.98. The lowest BCUT2D eigenvalue weighted by atomic mass is 10.3. The summed E-state index contributed by atoms with van der Waals surface area (Å²) in [7, 11) is 0. The minimum Gasteiger partial charge on any atom is -0.439 e. The molecule has 0 saturated heterocycles. The highest BCUT2D eigenvalue weighted by Crippen LogP contribution is 2.23. The summed E-state index contributed by atoms with van der Waals surface area (Å²) in [6.07, 6.45) is 3.51. The van der Waals surface area contributed by atoms with E-state index in [1.165, 1.54) is 6.20 Å². The monoisotopic (exact) mass is 404 g/mol. The number of nitrogens with one attached hydrogen (secondary N) is 3. The highest BCUT2D eigenvalue weighted by atomic mass is 79.9. The first-order valence-electron chi connectivity index (χ1n) is 7.82. The van der Waals surface area contributed by atoms with Crippen molar-refractivity contribution in [1.29, 1.82) is 0 Å². The maximum absolute atomic E-state index is 11.8. The van der Waals surface area contributed by atoms with Gasteiger partial charge in [0.2, 0.25) is 11.8 Å². The van der Waals surface area contributed by atoms with Crippen LogP contribution in [0.25, 0.3) is 0 Å². The Morgan fingerprint density at radius 2 is 2.08 bits per heavy atom. The molecule has 1 aliphatic rings. The molecule has 1 aromatic heterocycles. The number of nitrogens with zero attached hydrogens (tertiary/aromatic N) is 1. The lowest BCUT2D eigenvalue weighted by molar-refractivity contribution is -0.120. The molecule has 1 fully saturated rings. The normalized spacial score (nSPS) is 13.0. The van der Waals surface area contributed by atoms with Crippen molar-refractivity contribution < 1.29 is 14.3 Å². The fraction of sp³-hybridized carbons (Fsp3) is 0.235. The first kappa shape index (κ1) is 17.2. The second-order valence-corrected chi connectivity index (χ2v) is 6.51. The summed E-state index contributed by atoms with van der Waals surface area (Å²) in [5.41, 5.74) is 0.502. The van der Waals surface area contributed by atoms with Gasteiger partial charge in [-0.1, -0.05) is 22.0 Å². The van der Waals surface area contributed by atoms with Gasteiger partial charge in [0, 0.05) is 16.6 Å². The molecule has 1 aromatic carbocycles. The summed E-state index contributed by atoms with van der Waals surface area (Å²) >= 11 is 3.37. The Hall–Kier alpha value is -2.61. The van der Waals surface area contributed by atoms with Crippen LogP contribution < -0.4 is 20.7 Å². The summed E-state index contributed by atoms with van der Waals surface area (Å²) in [5, 5.41) is 7.90. The van der Waals surface area contributed by atoms with Crippen LogP contribution in [0.1, 0.15) is 12.8 Å². The number of aromatic nitrogens is 1. The van der Waals surface area contributed by atoms with E-state index in [2.05, 4.69) is 36.9 Å². The minimum absolute atomic E-state index is 0.0557. The van der Waals surface area contributed by atoms with E-state index < -0.39 is 6.03 Å². The molecule has 0 radical (unpaired) electrons. The number of rotatable bonds is 6. The molecular formula is C17H17BrN4O3. The number of anilines is 1. The molecule has 2 aromatic rings. The number of hydrogen-bond acceptors (Lipinski definition) is 4. The van der Waals surface area contributed by atoms with Crippen molar-refractivity contribution in [2.45, 2.75) is 18.9 Å². The molecule has 3 rings (SSSR count). The first-order valence-corrected chi connectivity index (χ1v) is 8.61. The van der Waals surface area contributed by atoms with Crippen molar-refractivity contribution in [3.8, 4) is 11.6 Å². The summed E-state index contributed by atoms with van der Waals surface area (Å²) in [5.74, 6) is 0.878. The summed E-state index contributed by atoms with van der Waals surface area (Å²) in [6, 6.07) is 10.5. The number of pyridine rings is 1. The van der Waals surface area contributed by atoms with Crippen LogP contribution in [0.4, 0.5) is 10.5 Å². The molecule has 130 valence electrons. The van der Waals surface area contributed by atoms with Crippen LogP contribution in [-0.4, -0.2) is 29.5 Å². The zero-order chi connectivity index (χ0) is 17.6. The third-order valence-electron chi connectivity index (χ3n) is 3.36. The van der Waals surface area contributed by atoms with E-state index in [1.807, 2.05) is 24.3 Å². The second-order valence-electron chi connectivity index (χ2n) is 5.59. The Morgan fingerprint density at radius 3 is 2.76 bits per heavy atom. The van der Waals surface area contributed by atoms with Gasteiger partial charge in [-0.3, -0.25) is 4.79 Å². The number of urea groups is 1. The van der Waals surface area contributed by atoms with Gasteiger partial charge in [-0.05, 0) is 37.1 Å². The predicted molar refractivity (Wildman–Crippen MR) is 96.6 cm³/mol. The van der Waals surface area contributed by atoms with Crippen LogP contribution in [0.15, 0.2) is 47.1 Å². The minimum atomic E-state index is -0.464. The molecule has 1 saturated carbocycles. The topological polar surface area (TPSA) is 92.4 Å². The van der Waals surface area contributed by atoms with Crippen molar-refractivity contribution in [1.82, 2.24) is 15.6 Å². The molecule has 3 amide bonds. The number of halogens is 1. The van der Waals surface area contributed by atoms with Gasteiger partial charge < -0.3 is 20.7 Å². The van der Waals surface area contributed by atoms with E-state index in [9.17, 15) is 9.59 Å². The summed E-state index contributed by atoms with van der Waals surface area (Å²) in [6.45, 7) is -0.0557. The number of amides is 3. The van der Waals surface area contributed by atoms with Crippen LogP contribution in [0.5, 0.6) is 11.6 Å². The van der Waals surface area contributed by atoms with Gasteiger partial charge in [-0.25, -0.2) is 9.78 Å². The van der Waals surface area contributed by atoms with Crippen LogP contribution >= 0.6 is 15.9 Å². The van der Waals surface area contributed by atoms with E-state index >= 15 is 0 Å². The van der Waals surface area contributed by atoms with Gasteiger partial charge in [0.25, 0.3) is 0 Å².